The molecule has 0 saturated carbocycles. The van der Waals surface area contributed by atoms with E-state index < -0.39 is 0 Å². The molecule has 0 bridgehead atoms. The predicted molar refractivity (Wildman–Crippen MR) is 137 cm³/mol. The summed E-state index contributed by atoms with van der Waals surface area (Å²) in [6.07, 6.45) is 5.62. The molecule has 4 heteroatoms. The van der Waals surface area contributed by atoms with Gasteiger partial charge in [0.05, 0.1) is 0 Å². The van der Waals surface area contributed by atoms with Gasteiger partial charge < -0.3 is 9.32 Å². The average Bonchev–Trinajstić information content (AvgIpc) is 3.27. The van der Waals surface area contributed by atoms with Crippen LogP contribution in [-0.4, -0.2) is 28.9 Å². The number of furan rings is 1. The van der Waals surface area contributed by atoms with Crippen molar-refractivity contribution in [3.05, 3.63) is 88.1 Å². The molecule has 0 atom stereocenters. The molecular weight excluding hydrogens is 420 g/mol. The Morgan fingerprint density at radius 3 is 2.38 bits per heavy atom. The lowest BCUT2D eigenvalue weighted by Crippen LogP contribution is -2.34. The van der Waals surface area contributed by atoms with Crippen molar-refractivity contribution < 1.29 is 9.21 Å². The molecule has 1 aliphatic carbocycles. The molecule has 0 fully saturated rings. The Morgan fingerprint density at radius 2 is 1.74 bits per heavy atom. The number of amides is 1. The summed E-state index contributed by atoms with van der Waals surface area (Å²) < 4.78 is 6.07. The first-order chi connectivity index (χ1) is 16.1. The van der Waals surface area contributed by atoms with Gasteiger partial charge in [0.25, 0.3) is 5.91 Å². The van der Waals surface area contributed by atoms with Crippen LogP contribution in [0.1, 0.15) is 91.7 Å². The van der Waals surface area contributed by atoms with Crippen LogP contribution in [-0.2, 0) is 23.7 Å². The van der Waals surface area contributed by atoms with Crippen LogP contribution in [0.3, 0.4) is 0 Å². The monoisotopic (exact) mass is 458 g/mol. The number of carbonyl (C=O) groups excluding carboxylic acids is 1. The Balaban J connectivity index is 1.51. The van der Waals surface area contributed by atoms with E-state index in [1.165, 1.54) is 35.1 Å². The van der Waals surface area contributed by atoms with Gasteiger partial charge in [0.15, 0.2) is 5.76 Å². The van der Waals surface area contributed by atoms with E-state index in [-0.39, 0.29) is 16.7 Å². The van der Waals surface area contributed by atoms with Gasteiger partial charge in [0.1, 0.15) is 5.76 Å². The van der Waals surface area contributed by atoms with Gasteiger partial charge in [0.2, 0.25) is 0 Å². The highest BCUT2D eigenvalue weighted by Gasteiger charge is 2.37. The second-order valence-electron chi connectivity index (χ2n) is 11.0. The smallest absolute Gasteiger partial charge is 0.289 e. The van der Waals surface area contributed by atoms with Gasteiger partial charge in [-0.1, -0.05) is 45.9 Å². The lowest BCUT2D eigenvalue weighted by Gasteiger charge is -2.42. The highest BCUT2D eigenvalue weighted by molar-refractivity contribution is 5.91. The van der Waals surface area contributed by atoms with Gasteiger partial charge in [-0.15, -0.1) is 0 Å². The van der Waals surface area contributed by atoms with Crippen molar-refractivity contribution in [3.63, 3.8) is 0 Å². The van der Waals surface area contributed by atoms with E-state index in [1.54, 1.807) is 6.20 Å². The summed E-state index contributed by atoms with van der Waals surface area (Å²) in [7, 11) is 0. The van der Waals surface area contributed by atoms with Crippen LogP contribution in [0.2, 0.25) is 0 Å². The first kappa shape index (κ1) is 24.3. The number of likely N-dealkylation sites (N-methyl/N-ethyl adjacent to an activating group) is 1. The number of rotatable bonds is 7. The van der Waals surface area contributed by atoms with Crippen molar-refractivity contribution in [3.8, 4) is 0 Å². The third-order valence-corrected chi connectivity index (χ3v) is 7.58. The molecular formula is C30H38N2O2. The van der Waals surface area contributed by atoms with Crippen LogP contribution < -0.4 is 0 Å². The maximum absolute atomic E-state index is 13.1. The fourth-order valence-corrected chi connectivity index (χ4v) is 5.09. The first-order valence-corrected chi connectivity index (χ1v) is 12.5. The van der Waals surface area contributed by atoms with Crippen LogP contribution in [0.5, 0.6) is 0 Å². The van der Waals surface area contributed by atoms with Crippen molar-refractivity contribution in [1.82, 2.24) is 9.88 Å². The predicted octanol–water partition coefficient (Wildman–Crippen LogP) is 6.63. The fraction of sp³-hybridized carbons (Fsp3) is 0.467. The molecule has 180 valence electrons. The van der Waals surface area contributed by atoms with Crippen LogP contribution in [0.25, 0.3) is 0 Å². The Morgan fingerprint density at radius 1 is 1.03 bits per heavy atom. The number of hydrogen-bond donors (Lipinski definition) is 0. The zero-order chi connectivity index (χ0) is 24.5. The molecule has 1 amide bonds. The number of carbonyl (C=O) groups is 1. The SMILES string of the molecule is CCN(CCc1ccccn1)C(=O)c1ccc(Cc2cc3c(cc2C)C(C)(C)CCC3(C)C)o1. The minimum atomic E-state index is -0.0604. The van der Waals surface area contributed by atoms with Gasteiger partial charge >= 0.3 is 0 Å². The molecule has 2 heterocycles. The summed E-state index contributed by atoms with van der Waals surface area (Å²) >= 11 is 0. The molecule has 4 nitrogen and oxygen atoms in total. The molecule has 0 N–H and O–H groups in total. The molecule has 0 aliphatic heterocycles. The van der Waals surface area contributed by atoms with Gasteiger partial charge in [-0.25, -0.2) is 0 Å². The Hall–Kier alpha value is -2.88. The van der Waals surface area contributed by atoms with E-state index in [9.17, 15) is 4.79 Å². The van der Waals surface area contributed by atoms with Crippen LogP contribution in [0, 0.1) is 6.92 Å². The number of fused-ring (bicyclic) bond motifs is 1. The molecule has 1 aromatic carbocycles. The Labute approximate surface area is 204 Å². The largest absolute Gasteiger partial charge is 0.456 e. The number of aryl methyl sites for hydroxylation is 1. The molecule has 0 saturated heterocycles. The number of pyridine rings is 1. The molecule has 1 aliphatic rings. The maximum Gasteiger partial charge on any atom is 0.289 e. The van der Waals surface area contributed by atoms with Crippen molar-refractivity contribution in [2.24, 2.45) is 0 Å². The van der Waals surface area contributed by atoms with Crippen LogP contribution in [0.15, 0.2) is 53.1 Å². The van der Waals surface area contributed by atoms with Crippen molar-refractivity contribution >= 4 is 5.91 Å². The highest BCUT2D eigenvalue weighted by atomic mass is 16.4. The van der Waals surface area contributed by atoms with E-state index in [4.69, 9.17) is 4.42 Å². The molecule has 2 aromatic heterocycles. The van der Waals surface area contributed by atoms with Gasteiger partial charge in [0, 0.05) is 37.8 Å². The maximum atomic E-state index is 13.1. The molecule has 34 heavy (non-hydrogen) atoms. The lowest BCUT2D eigenvalue weighted by molar-refractivity contribution is 0.0732. The summed E-state index contributed by atoms with van der Waals surface area (Å²) in [5.74, 6) is 1.18. The summed E-state index contributed by atoms with van der Waals surface area (Å²) in [6.45, 7) is 14.9. The molecule has 0 unspecified atom stereocenters. The summed E-state index contributed by atoms with van der Waals surface area (Å²) in [5, 5.41) is 0. The van der Waals surface area contributed by atoms with Crippen molar-refractivity contribution in [1.29, 1.82) is 0 Å². The number of aromatic nitrogens is 1. The lowest BCUT2D eigenvalue weighted by atomic mass is 9.62. The van der Waals surface area contributed by atoms with Crippen LogP contribution in [0.4, 0.5) is 0 Å². The second-order valence-corrected chi connectivity index (χ2v) is 11.0. The van der Waals surface area contributed by atoms with E-state index >= 15 is 0 Å². The Bertz CT molecular complexity index is 1160. The van der Waals surface area contributed by atoms with Crippen molar-refractivity contribution in [2.45, 2.75) is 78.1 Å². The Kier molecular flexibility index (Phi) is 6.71. The zero-order valence-corrected chi connectivity index (χ0v) is 21.6. The first-order valence-electron chi connectivity index (χ1n) is 12.5. The number of benzene rings is 1. The summed E-state index contributed by atoms with van der Waals surface area (Å²) in [4.78, 5) is 19.3. The van der Waals surface area contributed by atoms with Gasteiger partial charge in [-0.3, -0.25) is 9.78 Å². The zero-order valence-electron chi connectivity index (χ0n) is 21.6. The third kappa shape index (κ3) is 4.96. The standard InChI is InChI=1S/C30H38N2O2/c1-7-32(17-13-23-10-8-9-16-31-23)28(33)27-12-11-24(34-27)19-22-20-26-25(18-21(22)2)29(3,4)14-15-30(26,5)6/h8-12,16,18,20H,7,13-15,17,19H2,1-6H3. The van der Waals surface area contributed by atoms with E-state index in [0.29, 0.717) is 25.3 Å². The highest BCUT2D eigenvalue weighted by Crippen LogP contribution is 2.46. The minimum absolute atomic E-state index is 0.0604. The summed E-state index contributed by atoms with van der Waals surface area (Å²) in [5.41, 5.74) is 6.87. The molecule has 0 radical (unpaired) electrons. The minimum Gasteiger partial charge on any atom is -0.456 e. The fourth-order valence-electron chi connectivity index (χ4n) is 5.09. The van der Waals surface area contributed by atoms with E-state index in [0.717, 1.165) is 17.9 Å². The average molecular weight is 459 g/mol. The quantitative estimate of drug-likeness (QED) is 0.399. The molecule has 4 rings (SSSR count). The second kappa shape index (κ2) is 9.40. The topological polar surface area (TPSA) is 46.3 Å². The van der Waals surface area contributed by atoms with Gasteiger partial charge in [-0.05, 0) is 84.0 Å². The summed E-state index contributed by atoms with van der Waals surface area (Å²) in [6, 6.07) is 14.4. The molecule has 0 spiro atoms. The van der Waals surface area contributed by atoms with E-state index in [1.807, 2.05) is 42.2 Å². The normalized spacial score (nSPS) is 16.2. The van der Waals surface area contributed by atoms with Gasteiger partial charge in [-0.2, -0.15) is 0 Å². The van der Waals surface area contributed by atoms with E-state index in [2.05, 4.69) is 51.7 Å². The number of hydrogen-bond acceptors (Lipinski definition) is 3. The third-order valence-electron chi connectivity index (χ3n) is 7.58. The molecule has 3 aromatic rings. The van der Waals surface area contributed by atoms with Crippen molar-refractivity contribution in [2.75, 3.05) is 13.1 Å². The van der Waals surface area contributed by atoms with Crippen LogP contribution >= 0.6 is 0 Å². The number of nitrogens with zero attached hydrogens (tertiary/aromatic N) is 2.